The van der Waals surface area contributed by atoms with E-state index < -0.39 is 5.60 Å². The summed E-state index contributed by atoms with van der Waals surface area (Å²) < 4.78 is 5.74. The monoisotopic (exact) mass is 289 g/mol. The number of rotatable bonds is 5. The number of hydrogen-bond acceptors (Lipinski definition) is 3. The fourth-order valence-corrected chi connectivity index (χ4v) is 4.06. The SMILES string of the molecule is CN1C2CCCC1CC(O)(CCCOc1ccccc1)C2. The lowest BCUT2D eigenvalue weighted by Gasteiger charge is -2.50. The fourth-order valence-electron chi connectivity index (χ4n) is 4.06. The first-order valence-corrected chi connectivity index (χ1v) is 8.28. The molecular formula is C18H27NO2. The van der Waals surface area contributed by atoms with Gasteiger partial charge in [0.25, 0.3) is 0 Å². The van der Waals surface area contributed by atoms with Gasteiger partial charge in [0.15, 0.2) is 0 Å². The zero-order valence-corrected chi connectivity index (χ0v) is 13.0. The molecule has 1 aromatic rings. The van der Waals surface area contributed by atoms with Crippen LogP contribution in [0.1, 0.15) is 44.9 Å². The Kier molecular flexibility index (Phi) is 4.51. The molecule has 2 heterocycles. The predicted octanol–water partition coefficient (Wildman–Crippen LogP) is 3.22. The first-order chi connectivity index (χ1) is 10.2. The van der Waals surface area contributed by atoms with E-state index in [1.165, 1.54) is 19.3 Å². The van der Waals surface area contributed by atoms with Crippen LogP contribution in [0.2, 0.25) is 0 Å². The topological polar surface area (TPSA) is 32.7 Å². The molecule has 3 rings (SSSR count). The minimum atomic E-state index is -0.470. The smallest absolute Gasteiger partial charge is 0.119 e. The summed E-state index contributed by atoms with van der Waals surface area (Å²) in [4.78, 5) is 2.50. The van der Waals surface area contributed by atoms with Gasteiger partial charge in [0, 0.05) is 12.1 Å². The van der Waals surface area contributed by atoms with E-state index >= 15 is 0 Å². The van der Waals surface area contributed by atoms with Crippen LogP contribution in [0.4, 0.5) is 0 Å². The summed E-state index contributed by atoms with van der Waals surface area (Å²) in [6.07, 6.45) is 7.48. The molecule has 2 aliphatic heterocycles. The molecule has 1 aromatic carbocycles. The highest BCUT2D eigenvalue weighted by Crippen LogP contribution is 2.40. The number of ether oxygens (including phenoxy) is 1. The summed E-state index contributed by atoms with van der Waals surface area (Å²) in [7, 11) is 2.23. The Morgan fingerprint density at radius 2 is 1.86 bits per heavy atom. The Hall–Kier alpha value is -1.06. The second-order valence-electron chi connectivity index (χ2n) is 6.80. The quantitative estimate of drug-likeness (QED) is 0.845. The first-order valence-electron chi connectivity index (χ1n) is 8.28. The average Bonchev–Trinajstić information content (AvgIpc) is 2.47. The Morgan fingerprint density at radius 1 is 1.19 bits per heavy atom. The van der Waals surface area contributed by atoms with Crippen LogP contribution >= 0.6 is 0 Å². The lowest BCUT2D eigenvalue weighted by Crippen LogP contribution is -2.56. The lowest BCUT2D eigenvalue weighted by atomic mass is 9.74. The molecule has 0 aliphatic carbocycles. The molecule has 2 unspecified atom stereocenters. The van der Waals surface area contributed by atoms with Crippen molar-refractivity contribution in [2.75, 3.05) is 13.7 Å². The Labute approximate surface area is 127 Å². The molecule has 2 atom stereocenters. The van der Waals surface area contributed by atoms with Gasteiger partial charge in [-0.2, -0.15) is 0 Å². The second kappa shape index (κ2) is 6.37. The van der Waals surface area contributed by atoms with E-state index in [4.69, 9.17) is 4.74 Å². The zero-order valence-electron chi connectivity index (χ0n) is 13.0. The molecule has 2 bridgehead atoms. The highest BCUT2D eigenvalue weighted by molar-refractivity contribution is 5.20. The van der Waals surface area contributed by atoms with E-state index in [9.17, 15) is 5.11 Å². The summed E-state index contributed by atoms with van der Waals surface area (Å²) in [5.74, 6) is 0.921. The number of nitrogens with zero attached hydrogens (tertiary/aromatic N) is 1. The molecule has 116 valence electrons. The van der Waals surface area contributed by atoms with E-state index in [0.29, 0.717) is 18.7 Å². The van der Waals surface area contributed by atoms with Gasteiger partial charge >= 0.3 is 0 Å². The summed E-state index contributed by atoms with van der Waals surface area (Å²) in [6, 6.07) is 11.1. The molecule has 0 aromatic heterocycles. The molecule has 2 aliphatic rings. The van der Waals surface area contributed by atoms with Gasteiger partial charge in [-0.05, 0) is 57.7 Å². The molecule has 0 spiro atoms. The maximum atomic E-state index is 10.9. The van der Waals surface area contributed by atoms with E-state index in [1.54, 1.807) is 0 Å². The summed E-state index contributed by atoms with van der Waals surface area (Å²) in [5.41, 5.74) is -0.470. The summed E-state index contributed by atoms with van der Waals surface area (Å²) >= 11 is 0. The average molecular weight is 289 g/mol. The number of aliphatic hydroxyl groups is 1. The van der Waals surface area contributed by atoms with Gasteiger partial charge in [-0.1, -0.05) is 24.6 Å². The molecule has 3 nitrogen and oxygen atoms in total. The molecule has 2 saturated heterocycles. The maximum Gasteiger partial charge on any atom is 0.119 e. The van der Waals surface area contributed by atoms with Crippen molar-refractivity contribution in [2.24, 2.45) is 0 Å². The van der Waals surface area contributed by atoms with Crippen LogP contribution in [-0.4, -0.2) is 41.3 Å². The minimum Gasteiger partial charge on any atom is -0.494 e. The van der Waals surface area contributed by atoms with E-state index in [1.807, 2.05) is 30.3 Å². The molecule has 3 heteroatoms. The van der Waals surface area contributed by atoms with Gasteiger partial charge in [-0.25, -0.2) is 0 Å². The van der Waals surface area contributed by atoms with Crippen molar-refractivity contribution in [3.05, 3.63) is 30.3 Å². The summed E-state index contributed by atoms with van der Waals surface area (Å²) in [6.45, 7) is 0.692. The molecule has 2 fully saturated rings. The van der Waals surface area contributed by atoms with Gasteiger partial charge in [0.05, 0.1) is 12.2 Å². The number of fused-ring (bicyclic) bond motifs is 2. The lowest BCUT2D eigenvalue weighted by molar-refractivity contribution is -0.0886. The molecule has 0 amide bonds. The maximum absolute atomic E-state index is 10.9. The molecule has 21 heavy (non-hydrogen) atoms. The van der Waals surface area contributed by atoms with Crippen LogP contribution in [0, 0.1) is 0 Å². The molecule has 1 N–H and O–H groups in total. The third-order valence-corrected chi connectivity index (χ3v) is 5.26. The largest absolute Gasteiger partial charge is 0.494 e. The van der Waals surface area contributed by atoms with Crippen LogP contribution in [0.5, 0.6) is 5.75 Å². The van der Waals surface area contributed by atoms with E-state index in [2.05, 4.69) is 11.9 Å². The second-order valence-corrected chi connectivity index (χ2v) is 6.80. The van der Waals surface area contributed by atoms with Gasteiger partial charge in [-0.3, -0.25) is 0 Å². The zero-order chi connectivity index (χ0) is 14.7. The van der Waals surface area contributed by atoms with Gasteiger partial charge in [0.2, 0.25) is 0 Å². The minimum absolute atomic E-state index is 0.470. The van der Waals surface area contributed by atoms with Crippen LogP contribution < -0.4 is 4.74 Å². The van der Waals surface area contributed by atoms with Crippen molar-refractivity contribution >= 4 is 0 Å². The first kappa shape index (κ1) is 14.9. The van der Waals surface area contributed by atoms with E-state index in [0.717, 1.165) is 31.4 Å². The van der Waals surface area contributed by atoms with Crippen molar-refractivity contribution in [3.8, 4) is 5.75 Å². The van der Waals surface area contributed by atoms with Gasteiger partial charge in [-0.15, -0.1) is 0 Å². The van der Waals surface area contributed by atoms with Crippen molar-refractivity contribution < 1.29 is 9.84 Å². The van der Waals surface area contributed by atoms with Crippen molar-refractivity contribution in [1.29, 1.82) is 0 Å². The number of benzene rings is 1. The standard InChI is InChI=1S/C18H27NO2/c1-19-15-7-5-8-16(19)14-18(20,13-15)11-6-12-21-17-9-3-2-4-10-17/h2-4,9-10,15-16,20H,5-8,11-14H2,1H3. The number of hydrogen-bond donors (Lipinski definition) is 1. The van der Waals surface area contributed by atoms with Crippen molar-refractivity contribution in [1.82, 2.24) is 4.90 Å². The van der Waals surface area contributed by atoms with Crippen LogP contribution in [0.3, 0.4) is 0 Å². The van der Waals surface area contributed by atoms with Crippen molar-refractivity contribution in [3.63, 3.8) is 0 Å². The normalized spacial score (nSPS) is 32.9. The predicted molar refractivity (Wildman–Crippen MR) is 84.5 cm³/mol. The molecular weight excluding hydrogens is 262 g/mol. The third-order valence-electron chi connectivity index (χ3n) is 5.26. The van der Waals surface area contributed by atoms with Gasteiger partial charge < -0.3 is 14.7 Å². The van der Waals surface area contributed by atoms with Crippen LogP contribution in [-0.2, 0) is 0 Å². The fraction of sp³-hybridized carbons (Fsp3) is 0.667. The summed E-state index contributed by atoms with van der Waals surface area (Å²) in [5, 5.41) is 10.9. The van der Waals surface area contributed by atoms with Gasteiger partial charge in [0.1, 0.15) is 5.75 Å². The third kappa shape index (κ3) is 3.58. The Morgan fingerprint density at radius 3 is 2.52 bits per heavy atom. The number of piperidine rings is 2. The highest BCUT2D eigenvalue weighted by Gasteiger charge is 2.43. The Balaban J connectivity index is 1.46. The molecule has 0 radical (unpaired) electrons. The van der Waals surface area contributed by atoms with E-state index in [-0.39, 0.29) is 0 Å². The van der Waals surface area contributed by atoms with Crippen LogP contribution in [0.15, 0.2) is 30.3 Å². The molecule has 0 saturated carbocycles. The Bertz CT molecular complexity index is 434. The number of para-hydroxylation sites is 1. The van der Waals surface area contributed by atoms with Crippen molar-refractivity contribution in [2.45, 2.75) is 62.6 Å². The highest BCUT2D eigenvalue weighted by atomic mass is 16.5. The van der Waals surface area contributed by atoms with Crippen LogP contribution in [0.25, 0.3) is 0 Å².